The van der Waals surface area contributed by atoms with Gasteiger partial charge in [0.1, 0.15) is 5.70 Å². The van der Waals surface area contributed by atoms with Gasteiger partial charge in [-0.05, 0) is 12.1 Å². The molecule has 1 aromatic carbocycles. The lowest BCUT2D eigenvalue weighted by Crippen LogP contribution is -2.48. The van der Waals surface area contributed by atoms with E-state index in [1.54, 1.807) is 30.3 Å². The van der Waals surface area contributed by atoms with E-state index in [9.17, 15) is 19.5 Å². The van der Waals surface area contributed by atoms with Crippen molar-refractivity contribution in [1.82, 2.24) is 4.90 Å². The van der Waals surface area contributed by atoms with Crippen molar-refractivity contribution in [3.63, 3.8) is 0 Å². The van der Waals surface area contributed by atoms with Crippen LogP contribution in [0.1, 0.15) is 23.2 Å². The molecule has 1 N–H and O–H groups in total. The number of rotatable bonds is 5. The van der Waals surface area contributed by atoms with E-state index in [4.69, 9.17) is 4.74 Å². The number of carboxylic acids is 1. The van der Waals surface area contributed by atoms with Crippen LogP contribution in [0.4, 0.5) is 0 Å². The maximum absolute atomic E-state index is 11.8. The molecule has 6 nitrogen and oxygen atoms in total. The highest BCUT2D eigenvalue weighted by Crippen LogP contribution is 2.47. The first-order chi connectivity index (χ1) is 10.6. The Morgan fingerprint density at radius 1 is 1.32 bits per heavy atom. The second-order valence-corrected chi connectivity index (χ2v) is 6.14. The van der Waals surface area contributed by atoms with Crippen molar-refractivity contribution in [3.8, 4) is 0 Å². The fourth-order valence-electron chi connectivity index (χ4n) is 2.40. The molecule has 0 aliphatic carbocycles. The first-order valence-electron chi connectivity index (χ1n) is 6.75. The molecule has 1 aromatic rings. The maximum atomic E-state index is 11.8. The minimum atomic E-state index is -1.12. The van der Waals surface area contributed by atoms with Gasteiger partial charge in [0.25, 0.3) is 0 Å². The molecular formula is C15H13NO5S. The maximum Gasteiger partial charge on any atom is 0.353 e. The Morgan fingerprint density at radius 3 is 2.68 bits per heavy atom. The van der Waals surface area contributed by atoms with E-state index < -0.39 is 11.9 Å². The second kappa shape index (κ2) is 5.84. The molecule has 0 aromatic heterocycles. The summed E-state index contributed by atoms with van der Waals surface area (Å²) in [4.78, 5) is 36.5. The highest BCUT2D eigenvalue weighted by atomic mass is 32.2. The number of esters is 1. The predicted octanol–water partition coefficient (Wildman–Crippen LogP) is 1.83. The summed E-state index contributed by atoms with van der Waals surface area (Å²) < 4.78 is 5.15. The molecule has 0 saturated carbocycles. The zero-order valence-corrected chi connectivity index (χ0v) is 12.3. The Morgan fingerprint density at radius 2 is 2.05 bits per heavy atom. The Labute approximate surface area is 130 Å². The number of carbonyl (C=O) groups excluding carboxylic acids is 2. The van der Waals surface area contributed by atoms with Crippen molar-refractivity contribution >= 4 is 29.6 Å². The van der Waals surface area contributed by atoms with E-state index in [1.807, 2.05) is 0 Å². The first-order valence-corrected chi connectivity index (χ1v) is 7.63. The zero-order valence-electron chi connectivity index (χ0n) is 11.5. The highest BCUT2D eigenvalue weighted by molar-refractivity contribution is 8.04. The van der Waals surface area contributed by atoms with Gasteiger partial charge in [-0.2, -0.15) is 0 Å². The molecule has 3 rings (SSSR count). The van der Waals surface area contributed by atoms with Gasteiger partial charge in [0.2, 0.25) is 5.91 Å². The van der Waals surface area contributed by atoms with Crippen LogP contribution >= 0.6 is 11.8 Å². The number of carboxylic acid groups (broad SMARTS) is 1. The van der Waals surface area contributed by atoms with Gasteiger partial charge in [-0.3, -0.25) is 9.69 Å². The standard InChI is InChI=1S/C15H13NO5S/c17-11-8-12-16(11)13(14(18)19)10(22-12)6-7-21-15(20)9-4-2-1-3-5-9/h1-5,12H,6-8H2,(H,18,19)/t12-/m1/s1. The number of thioether (sulfide) groups is 1. The summed E-state index contributed by atoms with van der Waals surface area (Å²) in [7, 11) is 0. The molecule has 2 aliphatic heterocycles. The molecule has 0 unspecified atom stereocenters. The molecule has 0 spiro atoms. The van der Waals surface area contributed by atoms with Gasteiger partial charge in [-0.25, -0.2) is 9.59 Å². The Kier molecular flexibility index (Phi) is 3.89. The molecule has 1 atom stereocenters. The minimum absolute atomic E-state index is 0.0296. The summed E-state index contributed by atoms with van der Waals surface area (Å²) in [6.07, 6.45) is 0.653. The van der Waals surface area contributed by atoms with Gasteiger partial charge in [-0.1, -0.05) is 18.2 Å². The van der Waals surface area contributed by atoms with Crippen LogP contribution in [0, 0.1) is 0 Å². The molecule has 7 heteroatoms. The van der Waals surface area contributed by atoms with Gasteiger partial charge in [0, 0.05) is 11.3 Å². The van der Waals surface area contributed by atoms with E-state index >= 15 is 0 Å². The molecule has 0 radical (unpaired) electrons. The Balaban J connectivity index is 1.61. The fourth-order valence-corrected chi connectivity index (χ4v) is 3.78. The summed E-state index contributed by atoms with van der Waals surface area (Å²) in [6.45, 7) is 0.0849. The number of carbonyl (C=O) groups is 3. The van der Waals surface area contributed by atoms with Crippen molar-refractivity contribution in [2.24, 2.45) is 0 Å². The smallest absolute Gasteiger partial charge is 0.353 e. The van der Waals surface area contributed by atoms with Gasteiger partial charge in [0.15, 0.2) is 0 Å². The third-order valence-electron chi connectivity index (χ3n) is 3.46. The Bertz CT molecular complexity index is 670. The summed E-state index contributed by atoms with van der Waals surface area (Å²) in [5.74, 6) is -1.74. The van der Waals surface area contributed by atoms with Crippen molar-refractivity contribution in [2.75, 3.05) is 6.61 Å². The van der Waals surface area contributed by atoms with E-state index in [0.29, 0.717) is 23.3 Å². The lowest BCUT2D eigenvalue weighted by atomic mass is 10.1. The minimum Gasteiger partial charge on any atom is -0.477 e. The molecule has 22 heavy (non-hydrogen) atoms. The molecule has 2 heterocycles. The molecule has 114 valence electrons. The third kappa shape index (κ3) is 2.59. The van der Waals surface area contributed by atoms with Crippen LogP contribution in [0.5, 0.6) is 0 Å². The topological polar surface area (TPSA) is 83.9 Å². The van der Waals surface area contributed by atoms with Crippen molar-refractivity contribution < 1.29 is 24.2 Å². The molecule has 1 fully saturated rings. The van der Waals surface area contributed by atoms with Crippen molar-refractivity contribution in [1.29, 1.82) is 0 Å². The number of amides is 1. The number of ether oxygens (including phenoxy) is 1. The van der Waals surface area contributed by atoms with Crippen molar-refractivity contribution in [2.45, 2.75) is 18.2 Å². The number of benzene rings is 1. The number of aliphatic carboxylic acids is 1. The van der Waals surface area contributed by atoms with Crippen LogP contribution in [0.3, 0.4) is 0 Å². The average Bonchev–Trinajstić information content (AvgIpc) is 2.80. The average molecular weight is 319 g/mol. The quantitative estimate of drug-likeness (QED) is 0.658. The zero-order chi connectivity index (χ0) is 15.7. The molecule has 2 aliphatic rings. The number of hydrogen-bond donors (Lipinski definition) is 1. The third-order valence-corrected chi connectivity index (χ3v) is 4.80. The predicted molar refractivity (Wildman–Crippen MR) is 78.8 cm³/mol. The lowest BCUT2D eigenvalue weighted by molar-refractivity contribution is -0.145. The monoisotopic (exact) mass is 319 g/mol. The molecule has 0 bridgehead atoms. The van der Waals surface area contributed by atoms with Crippen LogP contribution in [0.2, 0.25) is 0 Å². The number of nitrogens with zero attached hydrogens (tertiary/aromatic N) is 1. The van der Waals surface area contributed by atoms with E-state index in [1.165, 1.54) is 16.7 Å². The van der Waals surface area contributed by atoms with Gasteiger partial charge in [0.05, 0.1) is 24.0 Å². The SMILES string of the molecule is O=C(O)C1=C(CCOC(=O)c2ccccc2)S[C@@H]2CC(=O)N12. The van der Waals surface area contributed by atoms with Crippen LogP contribution in [0.25, 0.3) is 0 Å². The van der Waals surface area contributed by atoms with Crippen LogP contribution in [0.15, 0.2) is 40.9 Å². The van der Waals surface area contributed by atoms with Crippen molar-refractivity contribution in [3.05, 3.63) is 46.5 Å². The summed E-state index contributed by atoms with van der Waals surface area (Å²) in [5, 5.41) is 9.12. The second-order valence-electron chi connectivity index (χ2n) is 4.87. The first kappa shape index (κ1) is 14.6. The molecule has 1 amide bonds. The summed E-state index contributed by atoms with van der Waals surface area (Å²) >= 11 is 1.36. The lowest BCUT2D eigenvalue weighted by Gasteiger charge is -2.33. The van der Waals surface area contributed by atoms with Crippen LogP contribution in [-0.2, 0) is 14.3 Å². The highest BCUT2D eigenvalue weighted by Gasteiger charge is 2.48. The molecular weight excluding hydrogens is 306 g/mol. The van der Waals surface area contributed by atoms with E-state index in [0.717, 1.165) is 0 Å². The summed E-state index contributed by atoms with van der Waals surface area (Å²) in [6, 6.07) is 8.59. The largest absolute Gasteiger partial charge is 0.477 e. The van der Waals surface area contributed by atoms with Crippen LogP contribution < -0.4 is 0 Å². The van der Waals surface area contributed by atoms with E-state index in [-0.39, 0.29) is 23.6 Å². The van der Waals surface area contributed by atoms with Crippen LogP contribution in [-0.4, -0.2) is 39.8 Å². The number of β-lactam (4-membered cyclic amide) rings is 1. The van der Waals surface area contributed by atoms with E-state index in [2.05, 4.69) is 0 Å². The van der Waals surface area contributed by atoms with Gasteiger partial charge in [-0.15, -0.1) is 11.8 Å². The normalized spacial score (nSPS) is 19.7. The molecule has 1 saturated heterocycles. The Hall–Kier alpha value is -2.28. The number of hydrogen-bond acceptors (Lipinski definition) is 5. The van der Waals surface area contributed by atoms with Gasteiger partial charge >= 0.3 is 11.9 Å². The van der Waals surface area contributed by atoms with Gasteiger partial charge < -0.3 is 9.84 Å². The number of fused-ring (bicyclic) bond motifs is 1. The fraction of sp³-hybridized carbons (Fsp3) is 0.267. The summed E-state index contributed by atoms with van der Waals surface area (Å²) in [5.41, 5.74) is 0.481.